The maximum Gasteiger partial charge on any atom is 0.281 e. The van der Waals surface area contributed by atoms with Crippen LogP contribution in [0.15, 0.2) is 47.4 Å². The molecule has 2 heterocycles. The number of carbonyl (C=O) groups excluding carboxylic acids is 1. The van der Waals surface area contributed by atoms with Crippen LogP contribution in [0.1, 0.15) is 27.2 Å². The van der Waals surface area contributed by atoms with E-state index in [4.69, 9.17) is 0 Å². The van der Waals surface area contributed by atoms with Crippen molar-refractivity contribution in [2.24, 2.45) is 0 Å². The first kappa shape index (κ1) is 15.0. The minimum atomic E-state index is -0.320. The van der Waals surface area contributed by atoms with E-state index in [2.05, 4.69) is 10.3 Å². The van der Waals surface area contributed by atoms with Crippen LogP contribution in [0.5, 0.6) is 0 Å². The van der Waals surface area contributed by atoms with Crippen LogP contribution in [-0.2, 0) is 0 Å². The van der Waals surface area contributed by atoms with Crippen LogP contribution in [0.25, 0.3) is 5.65 Å². The number of aromatic nitrogens is 2. The molecular formula is C18H17N3O2. The Hall–Kier alpha value is -2.95. The molecule has 0 unspecified atom stereocenters. The monoisotopic (exact) mass is 307 g/mol. The molecule has 116 valence electrons. The summed E-state index contributed by atoms with van der Waals surface area (Å²) < 4.78 is 1.45. The molecule has 3 rings (SSSR count). The van der Waals surface area contributed by atoms with E-state index in [1.165, 1.54) is 4.40 Å². The third-order valence-corrected chi connectivity index (χ3v) is 3.70. The standard InChI is InChI=1S/C18H17N3O2/c1-11-4-7-14(8-5-11)17(22)20-16-13(3)19-15-9-6-12(2)10-21(15)18(16)23/h4-10H,1-3H3,(H,20,22). The Balaban J connectivity index is 2.04. The topological polar surface area (TPSA) is 63.5 Å². The molecule has 5 heteroatoms. The van der Waals surface area contributed by atoms with Gasteiger partial charge in [0.2, 0.25) is 0 Å². The summed E-state index contributed by atoms with van der Waals surface area (Å²) in [6.45, 7) is 5.57. The van der Waals surface area contributed by atoms with Gasteiger partial charge in [0.1, 0.15) is 11.3 Å². The normalized spacial score (nSPS) is 10.7. The zero-order chi connectivity index (χ0) is 16.6. The van der Waals surface area contributed by atoms with Crippen LogP contribution in [0, 0.1) is 20.8 Å². The Kier molecular flexibility index (Phi) is 3.70. The Morgan fingerprint density at radius 2 is 1.65 bits per heavy atom. The molecule has 0 atom stereocenters. The van der Waals surface area contributed by atoms with Gasteiger partial charge in [0, 0.05) is 11.8 Å². The summed E-state index contributed by atoms with van der Waals surface area (Å²) >= 11 is 0. The number of anilines is 1. The number of benzene rings is 1. The van der Waals surface area contributed by atoms with Gasteiger partial charge in [-0.1, -0.05) is 23.8 Å². The van der Waals surface area contributed by atoms with Gasteiger partial charge in [0.05, 0.1) is 5.69 Å². The largest absolute Gasteiger partial charge is 0.316 e. The molecule has 23 heavy (non-hydrogen) atoms. The third-order valence-electron chi connectivity index (χ3n) is 3.70. The number of pyridine rings is 1. The number of nitrogens with zero attached hydrogens (tertiary/aromatic N) is 2. The fourth-order valence-corrected chi connectivity index (χ4v) is 2.39. The van der Waals surface area contributed by atoms with Crippen molar-refractivity contribution in [2.75, 3.05) is 5.32 Å². The maximum atomic E-state index is 12.6. The van der Waals surface area contributed by atoms with Crippen molar-refractivity contribution in [3.05, 3.63) is 75.3 Å². The van der Waals surface area contributed by atoms with Crippen molar-refractivity contribution >= 4 is 17.2 Å². The minimum Gasteiger partial charge on any atom is -0.316 e. The van der Waals surface area contributed by atoms with Gasteiger partial charge in [0.25, 0.3) is 11.5 Å². The molecule has 0 fully saturated rings. The molecule has 0 aliphatic heterocycles. The van der Waals surface area contributed by atoms with Crippen molar-refractivity contribution < 1.29 is 4.79 Å². The summed E-state index contributed by atoms with van der Waals surface area (Å²) in [6.07, 6.45) is 1.71. The van der Waals surface area contributed by atoms with Crippen LogP contribution in [-0.4, -0.2) is 15.3 Å². The predicted octanol–water partition coefficient (Wildman–Crippen LogP) is 2.87. The molecule has 0 radical (unpaired) electrons. The number of hydrogen-bond donors (Lipinski definition) is 1. The van der Waals surface area contributed by atoms with Crippen LogP contribution < -0.4 is 10.9 Å². The zero-order valence-corrected chi connectivity index (χ0v) is 13.3. The summed E-state index contributed by atoms with van der Waals surface area (Å²) in [5.41, 5.74) is 3.51. The van der Waals surface area contributed by atoms with E-state index < -0.39 is 0 Å². The molecule has 0 aliphatic carbocycles. The Labute approximate surface area is 133 Å². The molecule has 0 spiro atoms. The first-order chi connectivity index (χ1) is 11.0. The Bertz CT molecular complexity index is 956. The first-order valence-electron chi connectivity index (χ1n) is 7.33. The summed E-state index contributed by atoms with van der Waals surface area (Å²) in [7, 11) is 0. The van der Waals surface area contributed by atoms with Gasteiger partial charge < -0.3 is 5.32 Å². The van der Waals surface area contributed by atoms with Crippen molar-refractivity contribution in [2.45, 2.75) is 20.8 Å². The molecule has 0 saturated carbocycles. The predicted molar refractivity (Wildman–Crippen MR) is 90.1 cm³/mol. The second-order valence-corrected chi connectivity index (χ2v) is 5.63. The quantitative estimate of drug-likeness (QED) is 0.792. The van der Waals surface area contributed by atoms with E-state index >= 15 is 0 Å². The van der Waals surface area contributed by atoms with E-state index in [0.717, 1.165) is 11.1 Å². The lowest BCUT2D eigenvalue weighted by Gasteiger charge is -2.10. The molecule has 2 aromatic heterocycles. The Morgan fingerprint density at radius 1 is 1.00 bits per heavy atom. The first-order valence-corrected chi connectivity index (χ1v) is 7.33. The number of fused-ring (bicyclic) bond motifs is 1. The number of amides is 1. The second kappa shape index (κ2) is 5.68. The zero-order valence-electron chi connectivity index (χ0n) is 13.3. The average Bonchev–Trinajstić information content (AvgIpc) is 2.53. The highest BCUT2D eigenvalue weighted by molar-refractivity contribution is 6.04. The van der Waals surface area contributed by atoms with Gasteiger partial charge in [-0.15, -0.1) is 0 Å². The van der Waals surface area contributed by atoms with Crippen LogP contribution in [0.2, 0.25) is 0 Å². The SMILES string of the molecule is Cc1ccc(C(=O)Nc2c(C)nc3ccc(C)cn3c2=O)cc1. The lowest BCUT2D eigenvalue weighted by Crippen LogP contribution is -2.25. The summed E-state index contributed by atoms with van der Waals surface area (Å²) in [6, 6.07) is 10.9. The number of carbonyl (C=O) groups is 1. The van der Waals surface area contributed by atoms with Crippen LogP contribution >= 0.6 is 0 Å². The second-order valence-electron chi connectivity index (χ2n) is 5.63. The van der Waals surface area contributed by atoms with E-state index in [9.17, 15) is 9.59 Å². The van der Waals surface area contributed by atoms with E-state index in [-0.39, 0.29) is 17.2 Å². The van der Waals surface area contributed by atoms with Gasteiger partial charge in [-0.2, -0.15) is 0 Å². The molecule has 0 aliphatic rings. The van der Waals surface area contributed by atoms with Gasteiger partial charge in [-0.25, -0.2) is 4.98 Å². The molecule has 1 amide bonds. The molecule has 1 N–H and O–H groups in total. The van der Waals surface area contributed by atoms with E-state index in [1.54, 1.807) is 31.3 Å². The maximum absolute atomic E-state index is 12.6. The molecular weight excluding hydrogens is 290 g/mol. The van der Waals surface area contributed by atoms with Crippen molar-refractivity contribution in [1.82, 2.24) is 9.38 Å². The molecule has 0 saturated heterocycles. The molecule has 5 nitrogen and oxygen atoms in total. The van der Waals surface area contributed by atoms with Crippen LogP contribution in [0.3, 0.4) is 0 Å². The summed E-state index contributed by atoms with van der Waals surface area (Å²) in [4.78, 5) is 29.4. The fraction of sp³-hybridized carbons (Fsp3) is 0.167. The number of rotatable bonds is 2. The smallest absolute Gasteiger partial charge is 0.281 e. The third kappa shape index (κ3) is 2.85. The number of aryl methyl sites for hydroxylation is 3. The molecule has 3 aromatic rings. The molecule has 0 bridgehead atoms. The number of nitrogens with one attached hydrogen (secondary N) is 1. The van der Waals surface area contributed by atoms with Crippen LogP contribution in [0.4, 0.5) is 5.69 Å². The summed E-state index contributed by atoms with van der Waals surface area (Å²) in [5, 5.41) is 2.69. The highest BCUT2D eigenvalue weighted by Crippen LogP contribution is 2.12. The van der Waals surface area contributed by atoms with Gasteiger partial charge in [-0.05, 0) is 44.5 Å². The highest BCUT2D eigenvalue weighted by Gasteiger charge is 2.14. The number of hydrogen-bond acceptors (Lipinski definition) is 3. The lowest BCUT2D eigenvalue weighted by atomic mass is 10.1. The van der Waals surface area contributed by atoms with E-state index in [1.807, 2.05) is 32.0 Å². The highest BCUT2D eigenvalue weighted by atomic mass is 16.2. The summed E-state index contributed by atoms with van der Waals surface area (Å²) in [5.74, 6) is -0.320. The van der Waals surface area contributed by atoms with Crippen molar-refractivity contribution in [3.63, 3.8) is 0 Å². The minimum absolute atomic E-state index is 0.207. The van der Waals surface area contributed by atoms with Gasteiger partial charge >= 0.3 is 0 Å². The lowest BCUT2D eigenvalue weighted by molar-refractivity contribution is 0.102. The van der Waals surface area contributed by atoms with Gasteiger partial charge in [0.15, 0.2) is 0 Å². The van der Waals surface area contributed by atoms with Crippen molar-refractivity contribution in [3.8, 4) is 0 Å². The van der Waals surface area contributed by atoms with E-state index in [0.29, 0.717) is 16.9 Å². The average molecular weight is 307 g/mol. The Morgan fingerprint density at radius 3 is 2.35 bits per heavy atom. The van der Waals surface area contributed by atoms with Crippen molar-refractivity contribution in [1.29, 1.82) is 0 Å². The van der Waals surface area contributed by atoms with Gasteiger partial charge in [-0.3, -0.25) is 14.0 Å². The molecule has 1 aromatic carbocycles. The fourth-order valence-electron chi connectivity index (χ4n) is 2.39.